The summed E-state index contributed by atoms with van der Waals surface area (Å²) in [5, 5.41) is 17.0. The smallest absolute Gasteiger partial charge is 0.759 e. The number of aliphatic hydroxyl groups excluding tert-OH is 2. The molecule has 0 aromatic rings. The Morgan fingerprint density at radius 3 is 2.00 bits per heavy atom. The third-order valence-electron chi connectivity index (χ3n) is 0.757. The molecular formula is C6H12Na2O7S. The van der Waals surface area contributed by atoms with Crippen molar-refractivity contribution in [3.05, 3.63) is 12.7 Å². The average Bonchev–Trinajstić information content (AvgIpc) is 2.01. The molecule has 0 saturated carbocycles. The van der Waals surface area contributed by atoms with E-state index in [0.717, 1.165) is 0 Å². The van der Waals surface area contributed by atoms with Crippen molar-refractivity contribution in [2.45, 2.75) is 6.10 Å². The molecule has 0 rings (SSSR count). The van der Waals surface area contributed by atoms with Crippen LogP contribution in [0.2, 0.25) is 0 Å². The van der Waals surface area contributed by atoms with Gasteiger partial charge in [0.05, 0.1) is 19.8 Å². The summed E-state index contributed by atoms with van der Waals surface area (Å²) in [6.45, 7) is 3.74. The normalized spacial score (nSPS) is 11.0. The Morgan fingerprint density at radius 2 is 1.75 bits per heavy atom. The van der Waals surface area contributed by atoms with Gasteiger partial charge in [0, 0.05) is 10.4 Å². The molecule has 0 fully saturated rings. The van der Waals surface area contributed by atoms with Crippen LogP contribution in [0.5, 0.6) is 0 Å². The van der Waals surface area contributed by atoms with Crippen LogP contribution in [0.25, 0.3) is 0 Å². The molecule has 0 saturated heterocycles. The number of ether oxygens (including phenoxy) is 1. The number of hydrogen-bond donors (Lipinski definition) is 2. The van der Waals surface area contributed by atoms with E-state index in [0.29, 0.717) is 6.61 Å². The second-order valence-corrected chi connectivity index (χ2v) is 2.89. The van der Waals surface area contributed by atoms with Crippen molar-refractivity contribution >= 4 is 10.4 Å². The predicted molar refractivity (Wildman–Crippen MR) is 44.6 cm³/mol. The molecule has 0 aliphatic rings. The van der Waals surface area contributed by atoms with Gasteiger partial charge in [-0.25, -0.2) is 0 Å². The van der Waals surface area contributed by atoms with Crippen molar-refractivity contribution in [3.8, 4) is 0 Å². The van der Waals surface area contributed by atoms with Gasteiger partial charge < -0.3 is 24.1 Å². The van der Waals surface area contributed by atoms with Crippen LogP contribution in [0.1, 0.15) is 0 Å². The van der Waals surface area contributed by atoms with E-state index in [1.165, 1.54) is 0 Å². The van der Waals surface area contributed by atoms with Crippen LogP contribution in [0.4, 0.5) is 0 Å². The van der Waals surface area contributed by atoms with E-state index in [1.54, 1.807) is 6.08 Å². The van der Waals surface area contributed by atoms with Crippen LogP contribution in [0.15, 0.2) is 12.7 Å². The van der Waals surface area contributed by atoms with Gasteiger partial charge in [0.1, 0.15) is 6.10 Å². The van der Waals surface area contributed by atoms with Crippen molar-refractivity contribution < 1.29 is 91.6 Å². The molecule has 0 aliphatic carbocycles. The molecule has 0 bridgehead atoms. The molecule has 16 heavy (non-hydrogen) atoms. The van der Waals surface area contributed by atoms with Crippen molar-refractivity contribution in [2.75, 3.05) is 19.8 Å². The molecule has 0 radical (unpaired) electrons. The Bertz CT molecular complexity index is 223. The maximum Gasteiger partial charge on any atom is 1.00 e. The topological polar surface area (TPSA) is 130 Å². The van der Waals surface area contributed by atoms with Gasteiger partial charge in [-0.2, -0.15) is 0 Å². The molecule has 10 heteroatoms. The first-order valence-corrected chi connectivity index (χ1v) is 4.78. The molecule has 86 valence electrons. The third kappa shape index (κ3) is 45.1. The molecule has 0 spiro atoms. The maximum absolute atomic E-state index is 8.68. The zero-order valence-electron chi connectivity index (χ0n) is 9.33. The molecule has 0 heterocycles. The molecule has 0 aromatic heterocycles. The Morgan fingerprint density at radius 1 is 1.38 bits per heavy atom. The van der Waals surface area contributed by atoms with Crippen LogP contribution in [0.3, 0.4) is 0 Å². The quantitative estimate of drug-likeness (QED) is 0.167. The molecule has 1 atom stereocenters. The van der Waals surface area contributed by atoms with Gasteiger partial charge in [0.25, 0.3) is 0 Å². The van der Waals surface area contributed by atoms with E-state index >= 15 is 0 Å². The van der Waals surface area contributed by atoms with Crippen LogP contribution in [-0.4, -0.2) is 53.7 Å². The SMILES string of the molecule is C=CCOCC(O)CO.O=S(=O)([O-])[O-].[Na+].[Na+]. The van der Waals surface area contributed by atoms with Crippen LogP contribution >= 0.6 is 0 Å². The van der Waals surface area contributed by atoms with Crippen LogP contribution in [-0.2, 0) is 15.1 Å². The maximum atomic E-state index is 8.68. The zero-order chi connectivity index (χ0) is 11.6. The monoisotopic (exact) mass is 274 g/mol. The van der Waals surface area contributed by atoms with Gasteiger partial charge in [0.2, 0.25) is 0 Å². The van der Waals surface area contributed by atoms with E-state index in [9.17, 15) is 0 Å². The Hall–Kier alpha value is 1.49. The molecule has 0 aromatic carbocycles. The van der Waals surface area contributed by atoms with Gasteiger partial charge in [-0.05, 0) is 0 Å². The second-order valence-electron chi connectivity index (χ2n) is 2.07. The minimum absolute atomic E-state index is 0. The minimum Gasteiger partial charge on any atom is -0.759 e. The molecule has 2 N–H and O–H groups in total. The van der Waals surface area contributed by atoms with Crippen LogP contribution in [0, 0.1) is 0 Å². The minimum atomic E-state index is -5.17. The standard InChI is InChI=1S/C6H12O3.2Na.H2O4S/c1-2-3-9-5-6(8)4-7;;;1-5(2,3)4/h2,6-8H,1,3-5H2;;;(H2,1,2,3,4)/q;2*+1;/p-2. The summed E-state index contributed by atoms with van der Waals surface area (Å²) in [5.74, 6) is 0. The first kappa shape index (κ1) is 26.1. The Kier molecular flexibility index (Phi) is 26.9. The average molecular weight is 274 g/mol. The molecule has 7 nitrogen and oxygen atoms in total. The summed E-state index contributed by atoms with van der Waals surface area (Å²) in [7, 11) is -5.17. The van der Waals surface area contributed by atoms with Gasteiger partial charge >= 0.3 is 59.1 Å². The molecule has 0 aliphatic heterocycles. The fraction of sp³-hybridized carbons (Fsp3) is 0.667. The van der Waals surface area contributed by atoms with Gasteiger partial charge in [-0.1, -0.05) is 6.08 Å². The van der Waals surface area contributed by atoms with E-state index < -0.39 is 16.5 Å². The third-order valence-corrected chi connectivity index (χ3v) is 0.757. The molecular weight excluding hydrogens is 262 g/mol. The van der Waals surface area contributed by atoms with E-state index in [4.69, 9.17) is 32.5 Å². The summed E-state index contributed by atoms with van der Waals surface area (Å²) in [6.07, 6.45) is 0.828. The summed E-state index contributed by atoms with van der Waals surface area (Å²) >= 11 is 0. The summed E-state index contributed by atoms with van der Waals surface area (Å²) in [4.78, 5) is 0. The molecule has 1 unspecified atom stereocenters. The first-order chi connectivity index (χ1) is 6.31. The van der Waals surface area contributed by atoms with Gasteiger partial charge in [-0.15, -0.1) is 6.58 Å². The number of rotatable bonds is 5. The largest absolute Gasteiger partial charge is 1.00 e. The Labute approximate surface area is 139 Å². The number of aliphatic hydroxyl groups is 2. The van der Waals surface area contributed by atoms with Crippen LogP contribution < -0.4 is 59.1 Å². The van der Waals surface area contributed by atoms with Crippen molar-refractivity contribution in [1.29, 1.82) is 0 Å². The summed E-state index contributed by atoms with van der Waals surface area (Å²) < 4.78 is 38.9. The summed E-state index contributed by atoms with van der Waals surface area (Å²) in [5.41, 5.74) is 0. The molecule has 0 amide bonds. The van der Waals surface area contributed by atoms with Gasteiger partial charge in [-0.3, -0.25) is 8.42 Å². The van der Waals surface area contributed by atoms with E-state index in [1.807, 2.05) is 0 Å². The fourth-order valence-corrected chi connectivity index (χ4v) is 0.340. The van der Waals surface area contributed by atoms with E-state index in [2.05, 4.69) is 6.58 Å². The number of hydrogen-bond acceptors (Lipinski definition) is 7. The van der Waals surface area contributed by atoms with Crippen molar-refractivity contribution in [2.24, 2.45) is 0 Å². The summed E-state index contributed by atoms with van der Waals surface area (Å²) in [6, 6.07) is 0. The zero-order valence-corrected chi connectivity index (χ0v) is 14.1. The Balaban J connectivity index is -0.0000000904. The van der Waals surface area contributed by atoms with E-state index in [-0.39, 0.29) is 72.3 Å². The van der Waals surface area contributed by atoms with Crippen molar-refractivity contribution in [3.63, 3.8) is 0 Å². The first-order valence-electron chi connectivity index (χ1n) is 3.45. The second kappa shape index (κ2) is 16.5. The van der Waals surface area contributed by atoms with Crippen molar-refractivity contribution in [1.82, 2.24) is 0 Å². The fourth-order valence-electron chi connectivity index (χ4n) is 0.340. The van der Waals surface area contributed by atoms with Gasteiger partial charge in [0.15, 0.2) is 0 Å². The predicted octanol–water partition coefficient (Wildman–Crippen LogP) is -7.79.